The molecule has 3 rings (SSSR count). The summed E-state index contributed by atoms with van der Waals surface area (Å²) >= 11 is 0. The molecule has 0 radical (unpaired) electrons. The van der Waals surface area contributed by atoms with Crippen molar-refractivity contribution in [1.29, 1.82) is 0 Å². The van der Waals surface area contributed by atoms with Gasteiger partial charge in [-0.15, -0.1) is 0 Å². The van der Waals surface area contributed by atoms with Gasteiger partial charge >= 0.3 is 6.09 Å². The van der Waals surface area contributed by atoms with Crippen LogP contribution in [0.2, 0.25) is 0 Å². The number of ether oxygens (including phenoxy) is 1. The molecular weight excluding hydrogens is 438 g/mol. The molecule has 0 aromatic heterocycles. The fourth-order valence-corrected chi connectivity index (χ4v) is 4.41. The SMILES string of the molecule is CCN(CC)C(=O)c1ccc(C(=C2CCN(C(=O)OC(C)(C)C)CC2)c2cccc(NC)c2)cc1. The van der Waals surface area contributed by atoms with Crippen LogP contribution in [0.5, 0.6) is 0 Å². The second-order valence-electron chi connectivity index (χ2n) is 9.83. The Morgan fingerprint density at radius 1 is 0.943 bits per heavy atom. The first-order chi connectivity index (χ1) is 16.7. The van der Waals surface area contributed by atoms with Gasteiger partial charge in [0.05, 0.1) is 0 Å². The predicted molar refractivity (Wildman–Crippen MR) is 143 cm³/mol. The van der Waals surface area contributed by atoms with Crippen molar-refractivity contribution >= 4 is 23.3 Å². The van der Waals surface area contributed by atoms with Crippen molar-refractivity contribution in [2.45, 2.75) is 53.1 Å². The fourth-order valence-electron chi connectivity index (χ4n) is 4.41. The molecule has 2 amide bonds. The molecule has 0 unspecified atom stereocenters. The maximum Gasteiger partial charge on any atom is 0.410 e. The van der Waals surface area contributed by atoms with Crippen molar-refractivity contribution in [3.63, 3.8) is 0 Å². The molecule has 188 valence electrons. The average molecular weight is 478 g/mol. The lowest BCUT2D eigenvalue weighted by molar-refractivity contribution is 0.0236. The van der Waals surface area contributed by atoms with Crippen molar-refractivity contribution in [2.75, 3.05) is 38.5 Å². The summed E-state index contributed by atoms with van der Waals surface area (Å²) in [5.74, 6) is 0.0543. The number of anilines is 1. The van der Waals surface area contributed by atoms with Crippen molar-refractivity contribution in [1.82, 2.24) is 9.80 Å². The molecule has 1 N–H and O–H groups in total. The third kappa shape index (κ3) is 6.65. The van der Waals surface area contributed by atoms with Crippen LogP contribution in [0.15, 0.2) is 54.1 Å². The van der Waals surface area contributed by atoms with Crippen LogP contribution in [0.3, 0.4) is 0 Å². The van der Waals surface area contributed by atoms with Gasteiger partial charge in [-0.2, -0.15) is 0 Å². The molecule has 6 heteroatoms. The summed E-state index contributed by atoms with van der Waals surface area (Å²) in [7, 11) is 1.92. The largest absolute Gasteiger partial charge is 0.444 e. The predicted octanol–water partition coefficient (Wildman–Crippen LogP) is 6.04. The lowest BCUT2D eigenvalue weighted by Crippen LogP contribution is -2.40. The molecule has 1 saturated heterocycles. The minimum Gasteiger partial charge on any atom is -0.444 e. The van der Waals surface area contributed by atoms with Crippen LogP contribution in [0.25, 0.3) is 5.57 Å². The minimum atomic E-state index is -0.504. The smallest absolute Gasteiger partial charge is 0.410 e. The summed E-state index contributed by atoms with van der Waals surface area (Å²) in [6, 6.07) is 16.3. The molecule has 0 bridgehead atoms. The first-order valence-corrected chi connectivity index (χ1v) is 12.5. The molecule has 0 aliphatic carbocycles. The standard InChI is InChI=1S/C29H39N3O3/c1-7-31(8-2)27(33)23-14-12-21(13-15-23)26(24-10-9-11-25(20-24)30-6)22-16-18-32(19-17-22)28(34)35-29(3,4)5/h9-15,20,30H,7-8,16-19H2,1-6H3. The number of nitrogens with zero attached hydrogens (tertiary/aromatic N) is 2. The molecule has 2 aromatic carbocycles. The Hall–Kier alpha value is -3.28. The van der Waals surface area contributed by atoms with Crippen molar-refractivity contribution in [3.8, 4) is 0 Å². The average Bonchev–Trinajstić information content (AvgIpc) is 2.85. The normalized spacial score (nSPS) is 13.9. The van der Waals surface area contributed by atoms with E-state index in [0.717, 1.165) is 29.7 Å². The van der Waals surface area contributed by atoms with Gasteiger partial charge in [0, 0.05) is 44.5 Å². The van der Waals surface area contributed by atoms with E-state index >= 15 is 0 Å². The number of likely N-dealkylation sites (tertiary alicyclic amines) is 1. The molecule has 2 aromatic rings. The number of benzene rings is 2. The van der Waals surface area contributed by atoms with Gasteiger partial charge < -0.3 is 19.9 Å². The van der Waals surface area contributed by atoms with Crippen LogP contribution in [0, 0.1) is 0 Å². The maximum atomic E-state index is 12.8. The van der Waals surface area contributed by atoms with Crippen molar-refractivity contribution in [3.05, 3.63) is 70.8 Å². The van der Waals surface area contributed by atoms with E-state index in [1.165, 1.54) is 11.1 Å². The molecule has 6 nitrogen and oxygen atoms in total. The third-order valence-electron chi connectivity index (χ3n) is 6.28. The zero-order valence-electron chi connectivity index (χ0n) is 22.0. The zero-order chi connectivity index (χ0) is 25.6. The molecule has 1 aliphatic heterocycles. The maximum absolute atomic E-state index is 12.8. The van der Waals surface area contributed by atoms with E-state index in [-0.39, 0.29) is 12.0 Å². The number of carbonyl (C=O) groups is 2. The fraction of sp³-hybridized carbons (Fsp3) is 0.448. The number of hydrogen-bond acceptors (Lipinski definition) is 4. The quantitative estimate of drug-likeness (QED) is 0.551. The van der Waals surface area contributed by atoms with Gasteiger partial charge in [0.1, 0.15) is 5.60 Å². The highest BCUT2D eigenvalue weighted by Gasteiger charge is 2.26. The minimum absolute atomic E-state index is 0.0543. The number of amides is 2. The van der Waals surface area contributed by atoms with E-state index in [1.807, 2.05) is 76.9 Å². The molecule has 0 spiro atoms. The Morgan fingerprint density at radius 3 is 2.09 bits per heavy atom. The van der Waals surface area contributed by atoms with Crippen molar-refractivity contribution in [2.24, 2.45) is 0 Å². The number of piperidine rings is 1. The van der Waals surface area contributed by atoms with Gasteiger partial charge in [0.15, 0.2) is 0 Å². The summed E-state index contributed by atoms with van der Waals surface area (Å²) in [4.78, 5) is 29.0. The van der Waals surface area contributed by atoms with E-state index in [2.05, 4.69) is 23.5 Å². The van der Waals surface area contributed by atoms with Crippen LogP contribution in [-0.2, 0) is 4.74 Å². The van der Waals surface area contributed by atoms with Gasteiger partial charge in [0.25, 0.3) is 5.91 Å². The summed E-state index contributed by atoms with van der Waals surface area (Å²) in [6.07, 6.45) is 1.30. The number of carbonyl (C=O) groups excluding carboxylic acids is 2. The lowest BCUT2D eigenvalue weighted by atomic mass is 9.88. The number of rotatable bonds is 6. The Balaban J connectivity index is 1.93. The summed E-state index contributed by atoms with van der Waals surface area (Å²) < 4.78 is 5.57. The Bertz CT molecular complexity index is 1050. The van der Waals surface area contributed by atoms with Gasteiger partial charge in [-0.1, -0.05) is 29.8 Å². The van der Waals surface area contributed by atoms with E-state index in [1.54, 1.807) is 4.90 Å². The Labute approximate surface area is 210 Å². The van der Waals surface area contributed by atoms with Crippen LogP contribution in [0.1, 0.15) is 68.9 Å². The highest BCUT2D eigenvalue weighted by atomic mass is 16.6. The number of nitrogens with one attached hydrogen (secondary N) is 1. The van der Waals surface area contributed by atoms with E-state index in [4.69, 9.17) is 4.74 Å². The Kier molecular flexibility index (Phi) is 8.60. The molecule has 1 fully saturated rings. The Morgan fingerprint density at radius 2 is 1.54 bits per heavy atom. The van der Waals surface area contributed by atoms with Crippen LogP contribution >= 0.6 is 0 Å². The van der Waals surface area contributed by atoms with Crippen LogP contribution in [-0.4, -0.2) is 60.6 Å². The second kappa shape index (κ2) is 11.4. The van der Waals surface area contributed by atoms with Gasteiger partial charge in [-0.05, 0) is 88.4 Å². The first-order valence-electron chi connectivity index (χ1n) is 12.5. The summed E-state index contributed by atoms with van der Waals surface area (Å²) in [5.41, 5.74) is 5.92. The summed E-state index contributed by atoms with van der Waals surface area (Å²) in [5, 5.41) is 3.23. The van der Waals surface area contributed by atoms with E-state index in [0.29, 0.717) is 31.7 Å². The second-order valence-corrected chi connectivity index (χ2v) is 9.83. The molecule has 1 aliphatic rings. The van der Waals surface area contributed by atoms with E-state index in [9.17, 15) is 9.59 Å². The molecule has 35 heavy (non-hydrogen) atoms. The summed E-state index contributed by atoms with van der Waals surface area (Å²) in [6.45, 7) is 12.3. The molecule has 0 saturated carbocycles. The topological polar surface area (TPSA) is 61.9 Å². The first kappa shape index (κ1) is 26.3. The highest BCUT2D eigenvalue weighted by Crippen LogP contribution is 2.34. The third-order valence-corrected chi connectivity index (χ3v) is 6.28. The number of hydrogen-bond donors (Lipinski definition) is 1. The van der Waals surface area contributed by atoms with Gasteiger partial charge in [-0.3, -0.25) is 4.79 Å². The van der Waals surface area contributed by atoms with Gasteiger partial charge in [0.2, 0.25) is 0 Å². The monoisotopic (exact) mass is 477 g/mol. The van der Waals surface area contributed by atoms with Crippen LogP contribution < -0.4 is 5.32 Å². The van der Waals surface area contributed by atoms with Gasteiger partial charge in [-0.25, -0.2) is 4.79 Å². The lowest BCUT2D eigenvalue weighted by Gasteiger charge is -2.32. The van der Waals surface area contributed by atoms with Crippen LogP contribution in [0.4, 0.5) is 10.5 Å². The zero-order valence-corrected chi connectivity index (χ0v) is 22.0. The van der Waals surface area contributed by atoms with E-state index < -0.39 is 5.60 Å². The molecule has 0 atom stereocenters. The van der Waals surface area contributed by atoms with Crippen molar-refractivity contribution < 1.29 is 14.3 Å². The molecular formula is C29H39N3O3. The molecule has 1 heterocycles. The highest BCUT2D eigenvalue weighted by molar-refractivity contribution is 5.95.